The zero-order valence-corrected chi connectivity index (χ0v) is 7.38. The van der Waals surface area contributed by atoms with Crippen LogP contribution < -0.4 is 11.1 Å². The van der Waals surface area contributed by atoms with Crippen LogP contribution in [0.2, 0.25) is 0 Å². The average Bonchev–Trinajstić information content (AvgIpc) is 2.16. The highest BCUT2D eigenvalue weighted by molar-refractivity contribution is 5.93. The summed E-state index contributed by atoms with van der Waals surface area (Å²) in [7, 11) is 0. The number of rotatable bonds is 3. The lowest BCUT2D eigenvalue weighted by Gasteiger charge is -1.96. The first kappa shape index (κ1) is 15.3. The number of hydrogen-bond acceptors (Lipinski definition) is 6. The monoisotopic (exact) mass is 210 g/mol. The van der Waals surface area contributed by atoms with Crippen molar-refractivity contribution in [3.05, 3.63) is 0 Å². The number of aliphatic hydroxyl groups is 4. The summed E-state index contributed by atoms with van der Waals surface area (Å²) in [6.07, 6.45) is -0.954. The quantitative estimate of drug-likeness (QED) is 0.284. The number of imide groups is 1. The molecule has 0 heterocycles. The van der Waals surface area contributed by atoms with Crippen molar-refractivity contribution in [2.75, 3.05) is 19.8 Å². The summed E-state index contributed by atoms with van der Waals surface area (Å²) in [5.41, 5.74) is 4.49. The summed E-state index contributed by atoms with van der Waals surface area (Å²) < 4.78 is 0. The predicted octanol–water partition coefficient (Wildman–Crippen LogP) is -3.49. The summed E-state index contributed by atoms with van der Waals surface area (Å²) in [6, 6.07) is -0.955. The van der Waals surface area contributed by atoms with Crippen molar-refractivity contribution in [1.82, 2.24) is 5.32 Å². The zero-order valence-electron chi connectivity index (χ0n) is 7.38. The highest BCUT2D eigenvalue weighted by Crippen LogP contribution is 1.71. The van der Waals surface area contributed by atoms with E-state index in [0.717, 1.165) is 0 Å². The molecule has 0 unspecified atom stereocenters. The number of aliphatic hydroxyl groups excluding tert-OH is 4. The number of primary amides is 1. The van der Waals surface area contributed by atoms with Gasteiger partial charge in [0, 0.05) is 0 Å². The van der Waals surface area contributed by atoms with Crippen molar-refractivity contribution in [3.63, 3.8) is 0 Å². The lowest BCUT2D eigenvalue weighted by molar-refractivity contribution is -0.122. The van der Waals surface area contributed by atoms with Crippen molar-refractivity contribution in [2.45, 2.75) is 6.10 Å². The van der Waals surface area contributed by atoms with Crippen molar-refractivity contribution >= 4 is 11.9 Å². The molecule has 0 aromatic rings. The van der Waals surface area contributed by atoms with E-state index in [1.165, 1.54) is 0 Å². The van der Waals surface area contributed by atoms with Crippen LogP contribution in [0.1, 0.15) is 0 Å². The molecule has 0 aliphatic heterocycles. The molecule has 0 aromatic heterocycles. The third-order valence-electron chi connectivity index (χ3n) is 0.828. The second-order valence-electron chi connectivity index (χ2n) is 2.09. The number of amides is 3. The SMILES string of the molecule is NC(=O)NC(=O)CO.OCC(O)CO. The maximum Gasteiger partial charge on any atom is 0.318 e. The largest absolute Gasteiger partial charge is 0.394 e. The molecule has 14 heavy (non-hydrogen) atoms. The normalized spacial score (nSPS) is 8.93. The van der Waals surface area contributed by atoms with E-state index < -0.39 is 24.6 Å². The van der Waals surface area contributed by atoms with E-state index in [1.54, 1.807) is 5.32 Å². The first-order valence-corrected chi connectivity index (χ1v) is 3.57. The Morgan fingerprint density at radius 3 is 1.71 bits per heavy atom. The molecule has 8 heteroatoms. The summed E-state index contributed by atoms with van der Waals surface area (Å²) >= 11 is 0. The third kappa shape index (κ3) is 13.4. The summed E-state index contributed by atoms with van der Waals surface area (Å²) in [5.74, 6) is -0.794. The van der Waals surface area contributed by atoms with Crippen molar-refractivity contribution in [1.29, 1.82) is 0 Å². The van der Waals surface area contributed by atoms with Gasteiger partial charge in [-0.3, -0.25) is 10.1 Å². The van der Waals surface area contributed by atoms with Gasteiger partial charge in [0.2, 0.25) is 0 Å². The summed E-state index contributed by atoms with van der Waals surface area (Å²) in [5, 5.41) is 33.6. The number of urea groups is 1. The minimum atomic E-state index is -0.955. The molecule has 3 amide bonds. The predicted molar refractivity (Wildman–Crippen MR) is 45.0 cm³/mol. The molecular weight excluding hydrogens is 196 g/mol. The minimum Gasteiger partial charge on any atom is -0.394 e. The Balaban J connectivity index is 0. The Morgan fingerprint density at radius 1 is 1.21 bits per heavy atom. The van der Waals surface area contributed by atoms with E-state index in [1.807, 2.05) is 0 Å². The second-order valence-corrected chi connectivity index (χ2v) is 2.09. The highest BCUT2D eigenvalue weighted by atomic mass is 16.3. The van der Waals surface area contributed by atoms with Crippen LogP contribution in [0.3, 0.4) is 0 Å². The van der Waals surface area contributed by atoms with Gasteiger partial charge in [-0.25, -0.2) is 4.79 Å². The van der Waals surface area contributed by atoms with Gasteiger partial charge in [0.05, 0.1) is 13.2 Å². The van der Waals surface area contributed by atoms with Crippen LogP contribution in [0.5, 0.6) is 0 Å². The van der Waals surface area contributed by atoms with Crippen LogP contribution in [-0.2, 0) is 4.79 Å². The smallest absolute Gasteiger partial charge is 0.318 e. The van der Waals surface area contributed by atoms with Gasteiger partial charge in [-0.05, 0) is 0 Å². The van der Waals surface area contributed by atoms with Crippen LogP contribution in [0.4, 0.5) is 4.79 Å². The molecule has 0 aliphatic carbocycles. The van der Waals surface area contributed by atoms with Gasteiger partial charge in [-0.1, -0.05) is 0 Å². The van der Waals surface area contributed by atoms with Gasteiger partial charge in [0.15, 0.2) is 0 Å². The molecule has 0 aromatic carbocycles. The fraction of sp³-hybridized carbons (Fsp3) is 0.667. The van der Waals surface area contributed by atoms with E-state index in [0.29, 0.717) is 0 Å². The molecule has 0 radical (unpaired) electrons. The van der Waals surface area contributed by atoms with E-state index in [4.69, 9.17) is 20.4 Å². The number of hydrogen-bond donors (Lipinski definition) is 6. The zero-order chi connectivity index (χ0) is 11.6. The van der Waals surface area contributed by atoms with Gasteiger partial charge in [0.25, 0.3) is 5.91 Å². The average molecular weight is 210 g/mol. The molecule has 0 bridgehead atoms. The standard InChI is InChI=1S/C3H6N2O3.C3H8O3/c4-3(8)5-2(7)1-6;4-1-3(6)2-5/h6H,1H2,(H3,4,5,7,8);3-6H,1-2H2. The Morgan fingerprint density at radius 2 is 1.64 bits per heavy atom. The number of carbonyl (C=O) groups is 2. The summed E-state index contributed by atoms with van der Waals surface area (Å²) in [4.78, 5) is 19.7. The van der Waals surface area contributed by atoms with Gasteiger partial charge >= 0.3 is 6.03 Å². The molecule has 7 N–H and O–H groups in total. The van der Waals surface area contributed by atoms with Crippen molar-refractivity contribution in [3.8, 4) is 0 Å². The topological polar surface area (TPSA) is 153 Å². The molecule has 84 valence electrons. The van der Waals surface area contributed by atoms with E-state index in [2.05, 4.69) is 5.73 Å². The van der Waals surface area contributed by atoms with Crippen LogP contribution in [-0.4, -0.2) is 58.3 Å². The maximum absolute atomic E-state index is 9.96. The lowest BCUT2D eigenvalue weighted by Crippen LogP contribution is -2.36. The van der Waals surface area contributed by atoms with Gasteiger partial charge in [-0.2, -0.15) is 0 Å². The minimum absolute atomic E-state index is 0.365. The maximum atomic E-state index is 9.96. The molecular formula is C6H14N2O6. The van der Waals surface area contributed by atoms with Crippen LogP contribution in [0.25, 0.3) is 0 Å². The van der Waals surface area contributed by atoms with Gasteiger partial charge in [-0.15, -0.1) is 0 Å². The molecule has 0 atom stereocenters. The Kier molecular flexibility index (Phi) is 10.8. The number of nitrogens with two attached hydrogens (primary N) is 1. The lowest BCUT2D eigenvalue weighted by atomic mass is 10.4. The van der Waals surface area contributed by atoms with Crippen LogP contribution in [0.15, 0.2) is 0 Å². The fourth-order valence-electron chi connectivity index (χ4n) is 0.235. The molecule has 0 rings (SSSR count). The molecule has 0 aliphatic rings. The molecule has 0 fully saturated rings. The number of nitrogens with one attached hydrogen (secondary N) is 1. The van der Waals surface area contributed by atoms with E-state index in [9.17, 15) is 9.59 Å². The molecule has 0 saturated carbocycles. The van der Waals surface area contributed by atoms with Gasteiger partial charge in [0.1, 0.15) is 12.7 Å². The molecule has 0 spiro atoms. The van der Waals surface area contributed by atoms with Crippen LogP contribution in [0, 0.1) is 0 Å². The fourth-order valence-corrected chi connectivity index (χ4v) is 0.235. The Hall–Kier alpha value is -1.22. The number of carbonyl (C=O) groups excluding carboxylic acids is 2. The highest BCUT2D eigenvalue weighted by Gasteiger charge is 1.98. The Bertz CT molecular complexity index is 170. The third-order valence-corrected chi connectivity index (χ3v) is 0.828. The Labute approximate surface area is 80.0 Å². The van der Waals surface area contributed by atoms with E-state index in [-0.39, 0.29) is 13.2 Å². The first-order valence-electron chi connectivity index (χ1n) is 3.57. The molecule has 8 nitrogen and oxygen atoms in total. The van der Waals surface area contributed by atoms with Crippen molar-refractivity contribution in [2.24, 2.45) is 5.73 Å². The molecule has 0 saturated heterocycles. The summed E-state index contributed by atoms with van der Waals surface area (Å²) in [6.45, 7) is -1.45. The second kappa shape index (κ2) is 9.86. The van der Waals surface area contributed by atoms with Crippen molar-refractivity contribution < 1.29 is 30.0 Å². The first-order chi connectivity index (χ1) is 6.47. The van der Waals surface area contributed by atoms with Crippen LogP contribution >= 0.6 is 0 Å². The van der Waals surface area contributed by atoms with Gasteiger partial charge < -0.3 is 26.2 Å². The van der Waals surface area contributed by atoms with E-state index >= 15 is 0 Å².